The van der Waals surface area contributed by atoms with E-state index in [1.165, 1.54) is 42.5 Å². The molecule has 13 heteroatoms. The van der Waals surface area contributed by atoms with E-state index in [4.69, 9.17) is 9.47 Å². The number of carbonyl (C=O) groups is 3. The Hall–Kier alpha value is -4.75. The average Bonchev–Trinajstić information content (AvgIpc) is 3.50. The van der Waals surface area contributed by atoms with E-state index in [0.29, 0.717) is 21.2 Å². The first-order valence-electron chi connectivity index (χ1n) is 13.3. The summed E-state index contributed by atoms with van der Waals surface area (Å²) in [4.78, 5) is 67.8. The highest BCUT2D eigenvalue weighted by Gasteiger charge is 2.57. The number of benzene rings is 3. The van der Waals surface area contributed by atoms with Crippen molar-refractivity contribution >= 4 is 52.3 Å². The molecule has 0 saturated carbocycles. The molecule has 3 atom stereocenters. The number of aromatic nitrogens is 1. The Morgan fingerprint density at radius 1 is 1.02 bits per heavy atom. The van der Waals surface area contributed by atoms with Crippen LogP contribution in [0.4, 0.5) is 11.4 Å². The van der Waals surface area contributed by atoms with Crippen molar-refractivity contribution in [3.63, 3.8) is 0 Å². The number of hydrogen-bond acceptors (Lipinski definition) is 10. The van der Waals surface area contributed by atoms with Crippen molar-refractivity contribution in [3.8, 4) is 5.75 Å². The van der Waals surface area contributed by atoms with Gasteiger partial charge in [-0.3, -0.25) is 24.5 Å². The smallest absolute Gasteiger partial charge is 0.338 e. The van der Waals surface area contributed by atoms with Crippen molar-refractivity contribution in [2.45, 2.75) is 29.7 Å². The zero-order valence-corrected chi connectivity index (χ0v) is 24.2. The number of ether oxygens (including phenoxy) is 2. The zero-order chi connectivity index (χ0) is 30.2. The van der Waals surface area contributed by atoms with Gasteiger partial charge >= 0.3 is 10.8 Å². The van der Waals surface area contributed by atoms with Crippen LogP contribution in [0.25, 0.3) is 0 Å². The molecular formula is C30H23N3O8S2. The molecule has 2 aliphatic heterocycles. The molecule has 0 radical (unpaired) electrons. The number of nitro groups is 1. The Bertz CT molecular complexity index is 1800. The van der Waals surface area contributed by atoms with Gasteiger partial charge in [-0.15, -0.1) is 0 Å². The van der Waals surface area contributed by atoms with Gasteiger partial charge in [-0.25, -0.2) is 9.69 Å². The summed E-state index contributed by atoms with van der Waals surface area (Å²) in [5.41, 5.74) is 1.52. The number of nitrogens with one attached hydrogen (secondary N) is 1. The molecule has 11 nitrogen and oxygen atoms in total. The third kappa shape index (κ3) is 5.21. The van der Waals surface area contributed by atoms with Crippen molar-refractivity contribution in [3.05, 3.63) is 114 Å². The molecule has 43 heavy (non-hydrogen) atoms. The maximum absolute atomic E-state index is 14.1. The summed E-state index contributed by atoms with van der Waals surface area (Å²) in [6.07, 6.45) is 0. The highest BCUT2D eigenvalue weighted by molar-refractivity contribution is 8.00. The minimum atomic E-state index is -0.984. The summed E-state index contributed by atoms with van der Waals surface area (Å²) in [5.74, 6) is -3.11. The normalized spacial score (nSPS) is 19.1. The minimum Gasteiger partial charge on any atom is -0.489 e. The maximum atomic E-state index is 14.1. The Kier molecular flexibility index (Phi) is 7.59. The third-order valence-electron chi connectivity index (χ3n) is 7.24. The number of nitrogens with zero attached hydrogens (tertiary/aromatic N) is 2. The van der Waals surface area contributed by atoms with E-state index in [9.17, 15) is 29.3 Å². The van der Waals surface area contributed by atoms with Gasteiger partial charge in [0.05, 0.1) is 33.7 Å². The number of carbonyl (C=O) groups excluding carboxylic acids is 3. The molecule has 2 unspecified atom stereocenters. The first kappa shape index (κ1) is 28.4. The number of nitro benzene ring substituents is 1. The standard InChI is InChI=1S/C30H23N3O8S2/c1-2-40-29(36)17-8-10-18(11-9-17)32-27(34)23-22(24-26(31-30(37)43-24)42-25(23)28(32)35)20-14-19(33(38)39)12-13-21(20)41-15-16-6-4-3-5-7-16/h3-14,22-23,25H,2,15H2,1H3,(H,31,37)/t22-,23?,25?/m1/s1. The van der Waals surface area contributed by atoms with Crippen LogP contribution in [0.2, 0.25) is 0 Å². The first-order chi connectivity index (χ1) is 20.8. The van der Waals surface area contributed by atoms with Crippen LogP contribution in [0.3, 0.4) is 0 Å². The summed E-state index contributed by atoms with van der Waals surface area (Å²) >= 11 is 1.99. The highest BCUT2D eigenvalue weighted by Crippen LogP contribution is 2.55. The second kappa shape index (κ2) is 11.5. The minimum absolute atomic E-state index is 0.156. The molecule has 1 fully saturated rings. The van der Waals surface area contributed by atoms with E-state index in [1.807, 2.05) is 30.3 Å². The van der Waals surface area contributed by atoms with E-state index in [0.717, 1.165) is 33.6 Å². The van der Waals surface area contributed by atoms with Gasteiger partial charge < -0.3 is 14.5 Å². The molecule has 4 aromatic rings. The molecule has 3 aromatic carbocycles. The average molecular weight is 618 g/mol. The topological polar surface area (TPSA) is 149 Å². The fraction of sp³-hybridized carbons (Fsp3) is 0.200. The van der Waals surface area contributed by atoms with Gasteiger partial charge in [-0.2, -0.15) is 0 Å². The molecule has 6 rings (SSSR count). The van der Waals surface area contributed by atoms with Gasteiger partial charge in [0, 0.05) is 28.5 Å². The summed E-state index contributed by atoms with van der Waals surface area (Å²) in [5, 5.41) is 11.3. The predicted octanol–water partition coefficient (Wildman–Crippen LogP) is 4.90. The number of amides is 2. The fourth-order valence-corrected chi connectivity index (χ4v) is 7.83. The number of imide groups is 1. The summed E-state index contributed by atoms with van der Waals surface area (Å²) in [6.45, 7) is 2.05. The van der Waals surface area contributed by atoms with Crippen LogP contribution in [0.5, 0.6) is 5.75 Å². The van der Waals surface area contributed by atoms with E-state index >= 15 is 0 Å². The van der Waals surface area contributed by atoms with Crippen LogP contribution < -0.4 is 14.5 Å². The lowest BCUT2D eigenvalue weighted by Gasteiger charge is -2.30. The van der Waals surface area contributed by atoms with Crippen molar-refractivity contribution in [1.82, 2.24) is 4.98 Å². The number of thiazole rings is 1. The summed E-state index contributed by atoms with van der Waals surface area (Å²) in [6, 6.07) is 19.4. The second-order valence-corrected chi connectivity index (χ2v) is 11.9. The molecule has 1 aromatic heterocycles. The van der Waals surface area contributed by atoms with Crippen LogP contribution in [0.15, 0.2) is 82.6 Å². The number of hydrogen-bond donors (Lipinski definition) is 1. The molecule has 3 heterocycles. The Morgan fingerprint density at radius 3 is 2.47 bits per heavy atom. The highest BCUT2D eigenvalue weighted by atomic mass is 32.2. The Balaban J connectivity index is 1.43. The number of fused-ring (bicyclic) bond motifs is 2. The number of rotatable bonds is 8. The molecule has 0 aliphatic carbocycles. The van der Waals surface area contributed by atoms with Crippen molar-refractivity contribution < 1.29 is 28.8 Å². The van der Waals surface area contributed by atoms with Crippen LogP contribution in [-0.2, 0) is 20.9 Å². The molecule has 2 amide bonds. The van der Waals surface area contributed by atoms with Crippen molar-refractivity contribution in [2.24, 2.45) is 5.92 Å². The molecule has 1 saturated heterocycles. The van der Waals surface area contributed by atoms with Crippen LogP contribution >= 0.6 is 23.1 Å². The summed E-state index contributed by atoms with van der Waals surface area (Å²) in [7, 11) is 0. The first-order valence-corrected chi connectivity index (χ1v) is 15.0. The number of H-pyrrole nitrogens is 1. The predicted molar refractivity (Wildman–Crippen MR) is 159 cm³/mol. The van der Waals surface area contributed by atoms with Crippen molar-refractivity contribution in [1.29, 1.82) is 0 Å². The lowest BCUT2D eigenvalue weighted by Crippen LogP contribution is -2.32. The Labute approximate surface area is 252 Å². The number of esters is 1. The monoisotopic (exact) mass is 617 g/mol. The molecule has 0 bridgehead atoms. The molecule has 2 aliphatic rings. The van der Waals surface area contributed by atoms with Gasteiger partial charge in [0.15, 0.2) is 0 Å². The lowest BCUT2D eigenvalue weighted by atomic mass is 9.82. The lowest BCUT2D eigenvalue weighted by molar-refractivity contribution is -0.385. The summed E-state index contributed by atoms with van der Waals surface area (Å²) < 4.78 is 11.2. The van der Waals surface area contributed by atoms with Crippen LogP contribution in [0, 0.1) is 16.0 Å². The quantitative estimate of drug-likeness (QED) is 0.126. The second-order valence-electron chi connectivity index (χ2n) is 9.78. The van der Waals surface area contributed by atoms with Crippen LogP contribution in [-0.4, -0.2) is 39.5 Å². The Morgan fingerprint density at radius 2 is 1.77 bits per heavy atom. The largest absolute Gasteiger partial charge is 0.489 e. The maximum Gasteiger partial charge on any atom is 0.338 e. The number of thioether (sulfide) groups is 1. The van der Waals surface area contributed by atoms with Gasteiger partial charge in [-0.05, 0) is 42.8 Å². The van der Waals surface area contributed by atoms with Gasteiger partial charge in [0.25, 0.3) is 5.69 Å². The molecule has 0 spiro atoms. The van der Waals surface area contributed by atoms with E-state index in [1.54, 1.807) is 6.92 Å². The number of non-ortho nitro benzene ring substituents is 1. The fourth-order valence-electron chi connectivity index (χ4n) is 5.33. The molecule has 218 valence electrons. The third-order valence-corrected chi connectivity index (χ3v) is 9.64. The van der Waals surface area contributed by atoms with E-state index in [2.05, 4.69) is 4.98 Å². The van der Waals surface area contributed by atoms with Gasteiger partial charge in [0.1, 0.15) is 17.6 Å². The molecular weight excluding hydrogens is 594 g/mol. The SMILES string of the molecule is CCOC(=O)c1ccc(N2C(=O)C3Sc4[nH]c(=O)sc4[C@H](c4cc([N+](=O)[O-])ccc4OCc4ccccc4)C3C2=O)cc1. The molecule has 1 N–H and O–H groups in total. The van der Waals surface area contributed by atoms with Gasteiger partial charge in [-0.1, -0.05) is 53.4 Å². The zero-order valence-electron chi connectivity index (χ0n) is 22.6. The van der Waals surface area contributed by atoms with Crippen LogP contribution in [0.1, 0.15) is 39.2 Å². The van der Waals surface area contributed by atoms with E-state index in [-0.39, 0.29) is 35.0 Å². The van der Waals surface area contributed by atoms with E-state index < -0.39 is 39.8 Å². The van der Waals surface area contributed by atoms with Crippen molar-refractivity contribution in [2.75, 3.05) is 11.5 Å². The number of aromatic amines is 1. The number of anilines is 1. The van der Waals surface area contributed by atoms with Gasteiger partial charge in [0.2, 0.25) is 11.8 Å².